The Hall–Kier alpha value is -0.570. The van der Waals surface area contributed by atoms with Gasteiger partial charge in [0.15, 0.2) is 0 Å². The average molecular weight is 235 g/mol. The normalized spacial score (nSPS) is 37.4. The first-order chi connectivity index (χ1) is 8.23. The highest BCUT2D eigenvalue weighted by molar-refractivity contribution is 5.82. The molecule has 2 spiro atoms. The summed E-state index contributed by atoms with van der Waals surface area (Å²) in [5, 5.41) is 0. The zero-order valence-corrected chi connectivity index (χ0v) is 10.4. The second-order valence-corrected chi connectivity index (χ2v) is 6.64. The Kier molecular flexibility index (Phi) is 1.98. The Labute approximate surface area is 102 Å². The number of ether oxygens (including phenoxy) is 1. The van der Waals surface area contributed by atoms with Gasteiger partial charge in [0.25, 0.3) is 0 Å². The molecule has 4 rings (SSSR count). The molecule has 3 heteroatoms. The number of esters is 1. The quantitative estimate of drug-likeness (QED) is 0.686. The number of hydrogen-bond donors (Lipinski definition) is 0. The van der Waals surface area contributed by atoms with Crippen molar-refractivity contribution in [1.82, 2.24) is 4.90 Å². The standard InChI is InChI=1S/C14H21NO2/c16-12-13(6-7-13)9-11(17-12)10-15-8-2-5-14(15)3-1-4-14/h11H,1-10H2/t11-/m0/s1. The fourth-order valence-electron chi connectivity index (χ4n) is 4.17. The van der Waals surface area contributed by atoms with Gasteiger partial charge in [0, 0.05) is 18.5 Å². The third-order valence-corrected chi connectivity index (χ3v) is 5.63. The number of carbonyl (C=O) groups excluding carboxylic acids is 1. The van der Waals surface area contributed by atoms with Crippen LogP contribution in [0.5, 0.6) is 0 Å². The molecule has 0 aromatic heterocycles. The van der Waals surface area contributed by atoms with E-state index in [1.54, 1.807) is 0 Å². The predicted octanol–water partition coefficient (Wildman–Crippen LogP) is 2.10. The van der Waals surface area contributed by atoms with Crippen LogP contribution < -0.4 is 0 Å². The van der Waals surface area contributed by atoms with Crippen LogP contribution in [0.2, 0.25) is 0 Å². The van der Waals surface area contributed by atoms with Gasteiger partial charge in [-0.15, -0.1) is 0 Å². The molecule has 0 radical (unpaired) electrons. The number of carbonyl (C=O) groups is 1. The Morgan fingerprint density at radius 1 is 1.18 bits per heavy atom. The summed E-state index contributed by atoms with van der Waals surface area (Å²) in [5.41, 5.74) is 0.503. The highest BCUT2D eigenvalue weighted by Gasteiger charge is 2.58. The van der Waals surface area contributed by atoms with Crippen LogP contribution in [0, 0.1) is 5.41 Å². The smallest absolute Gasteiger partial charge is 0.312 e. The summed E-state index contributed by atoms with van der Waals surface area (Å²) in [6, 6.07) is 0. The minimum absolute atomic E-state index is 0.0167. The molecule has 17 heavy (non-hydrogen) atoms. The highest BCUT2D eigenvalue weighted by Crippen LogP contribution is 2.55. The summed E-state index contributed by atoms with van der Waals surface area (Å²) < 4.78 is 5.58. The molecule has 2 aliphatic heterocycles. The van der Waals surface area contributed by atoms with Crippen molar-refractivity contribution in [3.63, 3.8) is 0 Å². The molecule has 0 N–H and O–H groups in total. The first-order valence-electron chi connectivity index (χ1n) is 7.19. The van der Waals surface area contributed by atoms with Crippen LogP contribution in [-0.4, -0.2) is 35.6 Å². The lowest BCUT2D eigenvalue weighted by molar-refractivity contribution is -0.146. The van der Waals surface area contributed by atoms with Gasteiger partial charge < -0.3 is 4.74 Å². The second kappa shape index (κ2) is 3.25. The van der Waals surface area contributed by atoms with Gasteiger partial charge in [-0.1, -0.05) is 0 Å². The maximum Gasteiger partial charge on any atom is 0.312 e. The number of nitrogens with zero attached hydrogens (tertiary/aromatic N) is 1. The molecule has 2 heterocycles. The van der Waals surface area contributed by atoms with Gasteiger partial charge in [-0.3, -0.25) is 9.69 Å². The maximum absolute atomic E-state index is 11.7. The zero-order valence-electron chi connectivity index (χ0n) is 10.4. The first-order valence-corrected chi connectivity index (χ1v) is 7.19. The monoisotopic (exact) mass is 235 g/mol. The number of rotatable bonds is 2. The molecule has 2 aliphatic carbocycles. The lowest BCUT2D eigenvalue weighted by atomic mass is 9.75. The molecular formula is C14H21NO2. The van der Waals surface area contributed by atoms with Gasteiger partial charge in [-0.05, 0) is 51.5 Å². The predicted molar refractivity (Wildman–Crippen MR) is 63.6 cm³/mol. The lowest BCUT2D eigenvalue weighted by Crippen LogP contribution is -2.51. The molecule has 3 nitrogen and oxygen atoms in total. The third-order valence-electron chi connectivity index (χ3n) is 5.63. The molecular weight excluding hydrogens is 214 g/mol. The Balaban J connectivity index is 1.43. The van der Waals surface area contributed by atoms with E-state index in [9.17, 15) is 4.79 Å². The number of cyclic esters (lactones) is 1. The van der Waals surface area contributed by atoms with Crippen molar-refractivity contribution in [2.75, 3.05) is 13.1 Å². The van der Waals surface area contributed by atoms with E-state index in [2.05, 4.69) is 4.90 Å². The average Bonchev–Trinajstić information content (AvgIpc) is 2.79. The lowest BCUT2D eigenvalue weighted by Gasteiger charge is -2.46. The Bertz CT molecular complexity index is 357. The Morgan fingerprint density at radius 2 is 1.94 bits per heavy atom. The van der Waals surface area contributed by atoms with Crippen LogP contribution in [-0.2, 0) is 9.53 Å². The van der Waals surface area contributed by atoms with Crippen molar-refractivity contribution in [1.29, 1.82) is 0 Å². The zero-order chi connectivity index (χ0) is 11.5. The third kappa shape index (κ3) is 1.41. The van der Waals surface area contributed by atoms with Crippen molar-refractivity contribution in [3.8, 4) is 0 Å². The van der Waals surface area contributed by atoms with Crippen LogP contribution in [0.3, 0.4) is 0 Å². The molecule has 0 unspecified atom stereocenters. The van der Waals surface area contributed by atoms with Gasteiger partial charge in [-0.2, -0.15) is 0 Å². The van der Waals surface area contributed by atoms with Crippen molar-refractivity contribution >= 4 is 5.97 Å². The van der Waals surface area contributed by atoms with Crippen molar-refractivity contribution in [3.05, 3.63) is 0 Å². The van der Waals surface area contributed by atoms with E-state index in [0.29, 0.717) is 5.54 Å². The van der Waals surface area contributed by atoms with Gasteiger partial charge in [0.1, 0.15) is 6.10 Å². The maximum atomic E-state index is 11.7. The molecule has 2 saturated carbocycles. The van der Waals surface area contributed by atoms with Gasteiger partial charge in [0.05, 0.1) is 5.41 Å². The molecule has 0 bridgehead atoms. The fraction of sp³-hybridized carbons (Fsp3) is 0.929. The summed E-state index contributed by atoms with van der Waals surface area (Å²) in [7, 11) is 0. The number of hydrogen-bond acceptors (Lipinski definition) is 3. The van der Waals surface area contributed by atoms with E-state index in [1.807, 2.05) is 0 Å². The van der Waals surface area contributed by atoms with Gasteiger partial charge in [0.2, 0.25) is 0 Å². The molecule has 0 aromatic carbocycles. The summed E-state index contributed by atoms with van der Waals surface area (Å²) >= 11 is 0. The summed E-state index contributed by atoms with van der Waals surface area (Å²) in [4.78, 5) is 14.4. The molecule has 1 atom stereocenters. The second-order valence-electron chi connectivity index (χ2n) is 6.64. The summed E-state index contributed by atoms with van der Waals surface area (Å²) in [5.74, 6) is 0.101. The van der Waals surface area contributed by atoms with Crippen LogP contribution in [0.1, 0.15) is 51.4 Å². The van der Waals surface area contributed by atoms with E-state index in [0.717, 1.165) is 25.8 Å². The van der Waals surface area contributed by atoms with Crippen LogP contribution in [0.4, 0.5) is 0 Å². The molecule has 0 amide bonds. The molecule has 2 saturated heterocycles. The van der Waals surface area contributed by atoms with Gasteiger partial charge in [-0.25, -0.2) is 0 Å². The van der Waals surface area contributed by atoms with Crippen LogP contribution in [0.25, 0.3) is 0 Å². The SMILES string of the molecule is O=C1O[C@H](CN2CCCC23CCC3)CC12CC2. The van der Waals surface area contributed by atoms with Crippen LogP contribution in [0.15, 0.2) is 0 Å². The largest absolute Gasteiger partial charge is 0.461 e. The molecule has 0 aromatic rings. The molecule has 4 aliphatic rings. The minimum atomic E-state index is -0.0167. The van der Waals surface area contributed by atoms with Crippen molar-refractivity contribution in [2.45, 2.75) is 63.0 Å². The first kappa shape index (κ1) is 10.4. The van der Waals surface area contributed by atoms with Gasteiger partial charge >= 0.3 is 5.97 Å². The Morgan fingerprint density at radius 3 is 2.53 bits per heavy atom. The summed E-state index contributed by atoms with van der Waals surface area (Å²) in [6.07, 6.45) is 10.2. The van der Waals surface area contributed by atoms with E-state index >= 15 is 0 Å². The van der Waals surface area contributed by atoms with Crippen LogP contribution >= 0.6 is 0 Å². The van der Waals surface area contributed by atoms with E-state index in [4.69, 9.17) is 4.74 Å². The number of likely N-dealkylation sites (tertiary alicyclic amines) is 1. The minimum Gasteiger partial charge on any atom is -0.461 e. The summed E-state index contributed by atoms with van der Waals surface area (Å²) in [6.45, 7) is 2.23. The van der Waals surface area contributed by atoms with E-state index < -0.39 is 0 Å². The topological polar surface area (TPSA) is 29.5 Å². The molecule has 4 fully saturated rings. The highest BCUT2D eigenvalue weighted by atomic mass is 16.6. The van der Waals surface area contributed by atoms with Crippen molar-refractivity contribution in [2.24, 2.45) is 5.41 Å². The van der Waals surface area contributed by atoms with E-state index in [1.165, 1.54) is 38.6 Å². The van der Waals surface area contributed by atoms with Crippen molar-refractivity contribution < 1.29 is 9.53 Å². The van der Waals surface area contributed by atoms with E-state index in [-0.39, 0.29) is 17.5 Å². The fourth-order valence-corrected chi connectivity index (χ4v) is 4.17. The molecule has 94 valence electrons.